The number of thiophene rings is 1. The Morgan fingerprint density at radius 1 is 0.909 bits per heavy atom. The van der Waals surface area contributed by atoms with Crippen LogP contribution < -0.4 is 5.32 Å². The fraction of sp³-hybridized carbons (Fsp3) is 0.125. The van der Waals surface area contributed by atoms with Gasteiger partial charge < -0.3 is 4.74 Å². The highest BCUT2D eigenvalue weighted by molar-refractivity contribution is 7.12. The molecule has 2 aromatic carbocycles. The van der Waals surface area contributed by atoms with E-state index >= 15 is 0 Å². The van der Waals surface area contributed by atoms with E-state index in [0.717, 1.165) is 10.5 Å². The van der Waals surface area contributed by atoms with Crippen molar-refractivity contribution >= 4 is 40.9 Å². The summed E-state index contributed by atoms with van der Waals surface area (Å²) in [6, 6.07) is 16.8. The van der Waals surface area contributed by atoms with E-state index in [4.69, 9.17) is 4.74 Å². The molecule has 2 heterocycles. The molecule has 9 heteroatoms. The van der Waals surface area contributed by atoms with Crippen molar-refractivity contribution in [3.8, 4) is 0 Å². The number of carbonyl (C=O) groups is 5. The zero-order chi connectivity index (χ0) is 23.4. The molecule has 0 atom stereocenters. The van der Waals surface area contributed by atoms with Crippen LogP contribution in [-0.2, 0) is 16.0 Å². The summed E-state index contributed by atoms with van der Waals surface area (Å²) in [5, 5.41) is 3.82. The van der Waals surface area contributed by atoms with Gasteiger partial charge in [0.25, 0.3) is 23.6 Å². The molecule has 1 aliphatic heterocycles. The van der Waals surface area contributed by atoms with Crippen molar-refractivity contribution in [1.82, 2.24) is 10.2 Å². The van der Waals surface area contributed by atoms with Gasteiger partial charge in [-0.2, -0.15) is 0 Å². The molecule has 4 rings (SSSR count). The van der Waals surface area contributed by atoms with E-state index in [9.17, 15) is 24.0 Å². The molecular formula is C24H18N2O6S. The Morgan fingerprint density at radius 3 is 2.39 bits per heavy atom. The first-order chi connectivity index (χ1) is 15.9. The van der Waals surface area contributed by atoms with E-state index in [2.05, 4.69) is 5.32 Å². The van der Waals surface area contributed by atoms with Crippen LogP contribution in [0.2, 0.25) is 0 Å². The fourth-order valence-electron chi connectivity index (χ4n) is 3.35. The summed E-state index contributed by atoms with van der Waals surface area (Å²) in [5.41, 5.74) is 1.34. The second-order valence-electron chi connectivity index (χ2n) is 7.19. The van der Waals surface area contributed by atoms with Crippen LogP contribution in [0.4, 0.5) is 0 Å². The molecule has 0 unspecified atom stereocenters. The number of nitrogens with zero attached hydrogens (tertiary/aromatic N) is 1. The number of benzene rings is 2. The highest BCUT2D eigenvalue weighted by Crippen LogP contribution is 2.24. The number of rotatable bonds is 7. The summed E-state index contributed by atoms with van der Waals surface area (Å²) in [7, 11) is 0. The maximum absolute atomic E-state index is 12.8. The smallest absolute Gasteiger partial charge is 0.338 e. The second kappa shape index (κ2) is 9.58. The summed E-state index contributed by atoms with van der Waals surface area (Å²) < 4.78 is 4.95. The number of ether oxygens (including phenoxy) is 1. The molecule has 33 heavy (non-hydrogen) atoms. The highest BCUT2D eigenvalue weighted by Gasteiger charge is 2.35. The standard InChI is InChI=1S/C24H18N2O6S/c27-20(25-21(28)19-7-4-12-33-19)14-32-24(31)16-8-9-17-18(13-16)23(30)26(22(17)29)11-10-15-5-2-1-3-6-15/h1-9,12-13H,10-11,14H2,(H,25,27,28). The largest absolute Gasteiger partial charge is 0.452 e. The third-order valence-corrected chi connectivity index (χ3v) is 5.87. The minimum atomic E-state index is -0.848. The molecule has 3 aromatic rings. The summed E-state index contributed by atoms with van der Waals surface area (Å²) in [5.74, 6) is -3.11. The average Bonchev–Trinajstić information content (AvgIpc) is 3.45. The van der Waals surface area contributed by atoms with E-state index in [1.54, 1.807) is 17.5 Å². The lowest BCUT2D eigenvalue weighted by molar-refractivity contribution is -0.123. The van der Waals surface area contributed by atoms with Crippen molar-refractivity contribution in [3.63, 3.8) is 0 Å². The number of carbonyl (C=O) groups excluding carboxylic acids is 5. The van der Waals surface area contributed by atoms with E-state index in [0.29, 0.717) is 11.3 Å². The molecule has 1 aromatic heterocycles. The van der Waals surface area contributed by atoms with Crippen LogP contribution in [0.3, 0.4) is 0 Å². The lowest BCUT2D eigenvalue weighted by atomic mass is 10.1. The van der Waals surface area contributed by atoms with Crippen LogP contribution >= 0.6 is 11.3 Å². The van der Waals surface area contributed by atoms with Gasteiger partial charge in [0.05, 0.1) is 21.6 Å². The van der Waals surface area contributed by atoms with Crippen LogP contribution in [0, 0.1) is 0 Å². The van der Waals surface area contributed by atoms with Gasteiger partial charge in [0, 0.05) is 6.54 Å². The number of fused-ring (bicyclic) bond motifs is 1. The Labute approximate surface area is 192 Å². The van der Waals surface area contributed by atoms with Crippen LogP contribution in [0.15, 0.2) is 66.0 Å². The second-order valence-corrected chi connectivity index (χ2v) is 8.14. The van der Waals surface area contributed by atoms with Gasteiger partial charge in [0.15, 0.2) is 6.61 Å². The molecule has 1 aliphatic rings. The quantitative estimate of drug-likeness (QED) is 0.427. The first-order valence-corrected chi connectivity index (χ1v) is 10.9. The normalized spacial score (nSPS) is 12.4. The van der Waals surface area contributed by atoms with E-state index in [1.807, 2.05) is 30.3 Å². The first-order valence-electron chi connectivity index (χ1n) is 10.0. The van der Waals surface area contributed by atoms with Crippen LogP contribution in [0.1, 0.15) is 46.3 Å². The number of amides is 4. The van der Waals surface area contributed by atoms with Gasteiger partial charge in [-0.25, -0.2) is 4.79 Å². The van der Waals surface area contributed by atoms with Crippen molar-refractivity contribution < 1.29 is 28.7 Å². The molecular weight excluding hydrogens is 444 g/mol. The molecule has 0 fully saturated rings. The molecule has 8 nitrogen and oxygen atoms in total. The maximum atomic E-state index is 12.8. The maximum Gasteiger partial charge on any atom is 0.338 e. The first kappa shape index (κ1) is 22.1. The zero-order valence-electron chi connectivity index (χ0n) is 17.3. The van der Waals surface area contributed by atoms with Crippen molar-refractivity contribution in [3.05, 3.63) is 93.2 Å². The SMILES string of the molecule is O=C(COC(=O)c1ccc2c(c1)C(=O)N(CCc1ccccc1)C2=O)NC(=O)c1cccs1. The van der Waals surface area contributed by atoms with Crippen LogP contribution in [0.5, 0.6) is 0 Å². The van der Waals surface area contributed by atoms with E-state index in [1.165, 1.54) is 29.5 Å². The molecule has 1 N–H and O–H groups in total. The fourth-order valence-corrected chi connectivity index (χ4v) is 3.97. The number of hydrogen-bond donors (Lipinski definition) is 1. The highest BCUT2D eigenvalue weighted by atomic mass is 32.1. The third kappa shape index (κ3) is 4.88. The van der Waals surface area contributed by atoms with Gasteiger partial charge in [-0.3, -0.25) is 29.4 Å². The van der Waals surface area contributed by atoms with Gasteiger partial charge in [-0.05, 0) is 41.6 Å². The third-order valence-electron chi connectivity index (χ3n) is 5.01. The zero-order valence-corrected chi connectivity index (χ0v) is 18.1. The molecule has 0 radical (unpaired) electrons. The average molecular weight is 462 g/mol. The number of imide groups is 2. The lowest BCUT2D eigenvalue weighted by Gasteiger charge is -2.13. The minimum Gasteiger partial charge on any atom is -0.452 e. The Balaban J connectivity index is 1.36. The summed E-state index contributed by atoms with van der Waals surface area (Å²) >= 11 is 1.17. The predicted octanol–water partition coefficient (Wildman–Crippen LogP) is 2.70. The number of hydrogen-bond acceptors (Lipinski definition) is 7. The van der Waals surface area contributed by atoms with E-state index < -0.39 is 36.2 Å². The monoisotopic (exact) mass is 462 g/mol. The molecule has 0 saturated carbocycles. The summed E-state index contributed by atoms with van der Waals surface area (Å²) in [6.45, 7) is -0.447. The van der Waals surface area contributed by atoms with Crippen molar-refractivity contribution in [2.24, 2.45) is 0 Å². The molecule has 166 valence electrons. The van der Waals surface area contributed by atoms with Gasteiger partial charge in [0.2, 0.25) is 0 Å². The molecule has 0 aliphatic carbocycles. The van der Waals surface area contributed by atoms with Gasteiger partial charge >= 0.3 is 5.97 Å². The van der Waals surface area contributed by atoms with Crippen LogP contribution in [0.25, 0.3) is 0 Å². The van der Waals surface area contributed by atoms with Crippen molar-refractivity contribution in [1.29, 1.82) is 0 Å². The van der Waals surface area contributed by atoms with Crippen molar-refractivity contribution in [2.45, 2.75) is 6.42 Å². The predicted molar refractivity (Wildman–Crippen MR) is 119 cm³/mol. The van der Waals surface area contributed by atoms with Crippen LogP contribution in [-0.4, -0.2) is 47.6 Å². The summed E-state index contributed by atoms with van der Waals surface area (Å²) in [6.07, 6.45) is 0.514. The Hall–Kier alpha value is -4.11. The summed E-state index contributed by atoms with van der Waals surface area (Å²) in [4.78, 5) is 63.0. The Morgan fingerprint density at radius 2 is 1.67 bits per heavy atom. The Bertz CT molecular complexity index is 1240. The molecule has 4 amide bonds. The van der Waals surface area contributed by atoms with Crippen molar-refractivity contribution in [2.75, 3.05) is 13.2 Å². The number of esters is 1. The van der Waals surface area contributed by atoms with E-state index in [-0.39, 0.29) is 23.2 Å². The minimum absolute atomic E-state index is 0.0252. The Kier molecular flexibility index (Phi) is 6.41. The molecule has 0 saturated heterocycles. The van der Waals surface area contributed by atoms with Gasteiger partial charge in [-0.15, -0.1) is 11.3 Å². The number of nitrogens with one attached hydrogen (secondary N) is 1. The van der Waals surface area contributed by atoms with Gasteiger partial charge in [0.1, 0.15) is 0 Å². The molecule has 0 spiro atoms. The van der Waals surface area contributed by atoms with Gasteiger partial charge in [-0.1, -0.05) is 36.4 Å². The lowest BCUT2D eigenvalue weighted by Crippen LogP contribution is -2.33. The topological polar surface area (TPSA) is 110 Å². The molecule has 0 bridgehead atoms.